The van der Waals surface area contributed by atoms with Crippen LogP contribution in [0.3, 0.4) is 0 Å². The Labute approximate surface area is 147 Å². The average molecular weight is 347 g/mol. The van der Waals surface area contributed by atoms with Crippen LogP contribution in [0.15, 0.2) is 18.2 Å². The van der Waals surface area contributed by atoms with Gasteiger partial charge in [-0.2, -0.15) is 0 Å². The normalized spacial score (nSPS) is 20.5. The van der Waals surface area contributed by atoms with Gasteiger partial charge in [-0.15, -0.1) is 0 Å². The lowest BCUT2D eigenvalue weighted by Gasteiger charge is -2.31. The third-order valence-electron chi connectivity index (χ3n) is 4.79. The van der Waals surface area contributed by atoms with Crippen LogP contribution in [0.5, 0.6) is 0 Å². The van der Waals surface area contributed by atoms with Gasteiger partial charge in [-0.1, -0.05) is 0 Å². The van der Waals surface area contributed by atoms with Crippen LogP contribution in [-0.2, 0) is 4.74 Å². The molecule has 2 saturated heterocycles. The van der Waals surface area contributed by atoms with Gasteiger partial charge in [0.15, 0.2) is 0 Å². The predicted octanol–water partition coefficient (Wildman–Crippen LogP) is 2.06. The molecule has 0 aromatic heterocycles. The molecule has 0 spiro atoms. The van der Waals surface area contributed by atoms with Crippen LogP contribution >= 0.6 is 0 Å². The highest BCUT2D eigenvalue weighted by Crippen LogP contribution is 2.30. The molecule has 2 N–H and O–H groups in total. The molecule has 0 saturated carbocycles. The van der Waals surface area contributed by atoms with Crippen molar-refractivity contribution in [3.05, 3.63) is 23.8 Å². The summed E-state index contributed by atoms with van der Waals surface area (Å²) in [6.45, 7) is 2.83. The number of hydrogen-bond donors (Lipinski definition) is 2. The molecule has 2 aliphatic rings. The number of rotatable bonds is 3. The van der Waals surface area contributed by atoms with Gasteiger partial charge in [0.2, 0.25) is 0 Å². The molecule has 7 heteroatoms. The van der Waals surface area contributed by atoms with Gasteiger partial charge in [0, 0.05) is 26.2 Å². The molecule has 3 rings (SSSR count). The van der Waals surface area contributed by atoms with Crippen LogP contribution in [0, 0.1) is 0 Å². The molecule has 25 heavy (non-hydrogen) atoms. The lowest BCUT2D eigenvalue weighted by atomic mass is 10.1. The summed E-state index contributed by atoms with van der Waals surface area (Å²) in [4.78, 5) is 28.3. The molecule has 1 unspecified atom stereocenters. The topological polar surface area (TPSA) is 82.1 Å². The van der Waals surface area contributed by atoms with E-state index in [0.29, 0.717) is 24.3 Å². The lowest BCUT2D eigenvalue weighted by Crippen LogP contribution is -2.44. The number of carbonyl (C=O) groups is 2. The fourth-order valence-corrected chi connectivity index (χ4v) is 3.45. The molecule has 2 heterocycles. The minimum absolute atomic E-state index is 0.249. The van der Waals surface area contributed by atoms with Crippen LogP contribution in [0.4, 0.5) is 16.2 Å². The molecule has 2 fully saturated rings. The number of nitrogens with one attached hydrogen (secondary N) is 1. The van der Waals surface area contributed by atoms with Gasteiger partial charge in [0.05, 0.1) is 30.2 Å². The first kappa shape index (κ1) is 17.5. The van der Waals surface area contributed by atoms with E-state index < -0.39 is 12.1 Å². The summed E-state index contributed by atoms with van der Waals surface area (Å²) in [5, 5.41) is 12.7. The van der Waals surface area contributed by atoms with Crippen molar-refractivity contribution < 1.29 is 19.4 Å². The molecule has 0 bridgehead atoms. The summed E-state index contributed by atoms with van der Waals surface area (Å²) >= 11 is 0. The van der Waals surface area contributed by atoms with Gasteiger partial charge in [-0.3, -0.25) is 0 Å². The fourth-order valence-electron chi connectivity index (χ4n) is 3.45. The number of aliphatic hydroxyl groups is 1. The summed E-state index contributed by atoms with van der Waals surface area (Å²) in [5.74, 6) is -0.433. The summed E-state index contributed by atoms with van der Waals surface area (Å²) in [6.07, 6.45) is 3.27. The first-order valence-electron chi connectivity index (χ1n) is 8.80. The molecule has 0 radical (unpaired) electrons. The van der Waals surface area contributed by atoms with Crippen LogP contribution in [0.25, 0.3) is 0 Å². The van der Waals surface area contributed by atoms with Gasteiger partial charge in [0.1, 0.15) is 0 Å². The summed E-state index contributed by atoms with van der Waals surface area (Å²) in [5.41, 5.74) is 1.92. The molecule has 136 valence electrons. The van der Waals surface area contributed by atoms with Crippen molar-refractivity contribution in [2.45, 2.75) is 31.8 Å². The predicted molar refractivity (Wildman–Crippen MR) is 95.1 cm³/mol. The number of anilines is 2. The first-order chi connectivity index (χ1) is 12.1. The second-order valence-electron chi connectivity index (χ2n) is 6.59. The molecule has 2 amide bonds. The number of likely N-dealkylation sites (tertiary alicyclic amines) is 1. The van der Waals surface area contributed by atoms with E-state index in [1.165, 1.54) is 7.11 Å². The molecule has 1 aromatic rings. The van der Waals surface area contributed by atoms with Crippen molar-refractivity contribution in [3.8, 4) is 0 Å². The quantitative estimate of drug-likeness (QED) is 0.818. The maximum atomic E-state index is 12.6. The smallest absolute Gasteiger partial charge is 0.337 e. The Morgan fingerprint density at radius 3 is 2.64 bits per heavy atom. The van der Waals surface area contributed by atoms with E-state index in [2.05, 4.69) is 10.2 Å². The Kier molecular flexibility index (Phi) is 5.43. The molecular formula is C18H25N3O4. The molecule has 2 aliphatic heterocycles. The molecule has 1 atom stereocenters. The number of aliphatic hydroxyl groups excluding tert-OH is 1. The monoisotopic (exact) mass is 347 g/mol. The Morgan fingerprint density at radius 2 is 1.96 bits per heavy atom. The van der Waals surface area contributed by atoms with E-state index in [4.69, 9.17) is 4.74 Å². The number of benzene rings is 1. The van der Waals surface area contributed by atoms with E-state index in [-0.39, 0.29) is 6.03 Å². The van der Waals surface area contributed by atoms with Crippen molar-refractivity contribution in [3.63, 3.8) is 0 Å². The number of amides is 2. The van der Waals surface area contributed by atoms with E-state index in [0.717, 1.165) is 44.5 Å². The highest BCUT2D eigenvalue weighted by molar-refractivity contribution is 5.97. The summed E-state index contributed by atoms with van der Waals surface area (Å²) in [7, 11) is 1.34. The second kappa shape index (κ2) is 7.74. The number of piperidine rings is 1. The Bertz CT molecular complexity index is 643. The summed E-state index contributed by atoms with van der Waals surface area (Å²) in [6, 6.07) is 5.00. The highest BCUT2D eigenvalue weighted by Gasteiger charge is 2.24. The average Bonchev–Trinajstić information content (AvgIpc) is 3.15. The highest BCUT2D eigenvalue weighted by atomic mass is 16.5. The van der Waals surface area contributed by atoms with Gasteiger partial charge in [-0.25, -0.2) is 9.59 Å². The number of urea groups is 1. The van der Waals surface area contributed by atoms with E-state index in [1.807, 2.05) is 6.07 Å². The second-order valence-corrected chi connectivity index (χ2v) is 6.59. The largest absolute Gasteiger partial charge is 0.465 e. The minimum Gasteiger partial charge on any atom is -0.465 e. The van der Waals surface area contributed by atoms with Crippen molar-refractivity contribution in [2.24, 2.45) is 0 Å². The molecular weight excluding hydrogens is 322 g/mol. The zero-order valence-electron chi connectivity index (χ0n) is 14.5. The van der Waals surface area contributed by atoms with Gasteiger partial charge >= 0.3 is 12.0 Å². The third kappa shape index (κ3) is 4.04. The van der Waals surface area contributed by atoms with Crippen LogP contribution in [0.2, 0.25) is 0 Å². The van der Waals surface area contributed by atoms with E-state index in [1.54, 1.807) is 17.0 Å². The maximum Gasteiger partial charge on any atom is 0.337 e. The zero-order valence-corrected chi connectivity index (χ0v) is 14.5. The van der Waals surface area contributed by atoms with Gasteiger partial charge in [-0.05, 0) is 43.9 Å². The first-order valence-corrected chi connectivity index (χ1v) is 8.80. The number of β-amino-alcohol motifs (C(OH)–C–C–N with tert-alkyl or cyclic N) is 1. The number of ether oxygens (including phenoxy) is 1. The molecule has 1 aromatic carbocycles. The Balaban J connectivity index is 1.83. The molecule has 7 nitrogen and oxygen atoms in total. The number of carbonyl (C=O) groups excluding carboxylic acids is 2. The lowest BCUT2D eigenvalue weighted by molar-refractivity contribution is 0.0600. The van der Waals surface area contributed by atoms with Crippen LogP contribution in [0.1, 0.15) is 36.0 Å². The summed E-state index contributed by atoms with van der Waals surface area (Å²) < 4.78 is 4.78. The number of nitrogens with zero attached hydrogens (tertiary/aromatic N) is 2. The van der Waals surface area contributed by atoms with Gasteiger partial charge in [0.25, 0.3) is 0 Å². The van der Waals surface area contributed by atoms with Crippen molar-refractivity contribution in [2.75, 3.05) is 43.5 Å². The maximum absolute atomic E-state index is 12.6. The number of esters is 1. The Hall–Kier alpha value is -2.28. The zero-order chi connectivity index (χ0) is 17.8. The minimum atomic E-state index is -0.473. The van der Waals surface area contributed by atoms with Crippen LogP contribution < -0.4 is 10.2 Å². The fraction of sp³-hybridized carbons (Fsp3) is 0.556. The van der Waals surface area contributed by atoms with Crippen molar-refractivity contribution in [1.29, 1.82) is 0 Å². The van der Waals surface area contributed by atoms with E-state index >= 15 is 0 Å². The van der Waals surface area contributed by atoms with Crippen molar-refractivity contribution >= 4 is 23.4 Å². The van der Waals surface area contributed by atoms with Crippen molar-refractivity contribution in [1.82, 2.24) is 4.90 Å². The van der Waals surface area contributed by atoms with Crippen LogP contribution in [-0.4, -0.2) is 61.4 Å². The Morgan fingerprint density at radius 1 is 1.20 bits per heavy atom. The standard InChI is InChI=1S/C18H25N3O4/c1-25-17(23)13-6-7-16(20-8-2-3-9-20)15(11-13)19-18(24)21-10-4-5-14(22)12-21/h6-7,11,14,22H,2-5,8-10,12H2,1H3,(H,19,24). The van der Waals surface area contributed by atoms with Gasteiger partial charge < -0.3 is 25.0 Å². The third-order valence-corrected chi connectivity index (χ3v) is 4.79. The van der Waals surface area contributed by atoms with E-state index in [9.17, 15) is 14.7 Å². The number of hydrogen-bond acceptors (Lipinski definition) is 5. The number of methoxy groups -OCH3 is 1. The SMILES string of the molecule is COC(=O)c1ccc(N2CCCC2)c(NC(=O)N2CCCC(O)C2)c1. The molecule has 0 aliphatic carbocycles.